The van der Waals surface area contributed by atoms with E-state index in [1.54, 1.807) is 32.5 Å². The molecule has 0 bridgehead atoms. The third-order valence-electron chi connectivity index (χ3n) is 4.99. The Balaban J connectivity index is 2.37. The van der Waals surface area contributed by atoms with E-state index in [-0.39, 0.29) is 5.91 Å². The van der Waals surface area contributed by atoms with Crippen LogP contribution in [-0.4, -0.2) is 31.7 Å². The number of likely N-dealkylation sites (N-methyl/N-ethyl adjacent to an activating group) is 1. The Morgan fingerprint density at radius 2 is 2.14 bits per heavy atom. The van der Waals surface area contributed by atoms with Crippen LogP contribution in [-0.2, 0) is 4.79 Å². The maximum Gasteiger partial charge on any atom is 0.249 e. The number of nitriles is 1. The summed E-state index contributed by atoms with van der Waals surface area (Å²) in [5.41, 5.74) is 5.12. The highest BCUT2D eigenvalue weighted by Gasteiger charge is 2.37. The van der Waals surface area contributed by atoms with E-state index < -0.39 is 5.92 Å². The molecule has 2 N–H and O–H groups in total. The van der Waals surface area contributed by atoms with Gasteiger partial charge in [-0.1, -0.05) is 6.07 Å². The zero-order valence-electron chi connectivity index (χ0n) is 17.2. The Hall–Kier alpha value is -3.53. The molecule has 0 aliphatic carbocycles. The van der Waals surface area contributed by atoms with Gasteiger partial charge in [0.25, 0.3) is 0 Å². The van der Waals surface area contributed by atoms with E-state index in [1.807, 2.05) is 26.8 Å². The lowest BCUT2D eigenvalue weighted by Gasteiger charge is -2.32. The molecule has 2 heterocycles. The molecule has 29 heavy (non-hydrogen) atoms. The van der Waals surface area contributed by atoms with Gasteiger partial charge in [-0.3, -0.25) is 4.79 Å². The first-order chi connectivity index (χ1) is 14.0. The van der Waals surface area contributed by atoms with Crippen molar-refractivity contribution in [1.82, 2.24) is 10.3 Å². The summed E-state index contributed by atoms with van der Waals surface area (Å²) < 4.78 is 11.4. The van der Waals surface area contributed by atoms with Crippen molar-refractivity contribution in [3.05, 3.63) is 57.9 Å². The molecule has 1 aromatic heterocycles. The van der Waals surface area contributed by atoms with Crippen molar-refractivity contribution in [3.8, 4) is 17.7 Å². The fraction of sp³-hybridized carbons (Fsp3) is 0.318. The number of methoxy groups -OCH3 is 1. The number of carbonyl (C=O) groups is 1. The van der Waals surface area contributed by atoms with E-state index in [4.69, 9.17) is 9.47 Å². The van der Waals surface area contributed by atoms with Gasteiger partial charge in [0.1, 0.15) is 5.75 Å². The summed E-state index contributed by atoms with van der Waals surface area (Å²) in [6, 6.07) is 7.35. The number of carbonyl (C=O) groups excluding carboxylic acids is 1. The predicted molar refractivity (Wildman–Crippen MR) is 110 cm³/mol. The monoisotopic (exact) mass is 392 g/mol. The Morgan fingerprint density at radius 3 is 2.76 bits per heavy atom. The number of amides is 1. The lowest BCUT2D eigenvalue weighted by atomic mass is 9.79. The van der Waals surface area contributed by atoms with Crippen molar-refractivity contribution in [2.24, 2.45) is 0 Å². The molecule has 7 nitrogen and oxygen atoms in total. The highest BCUT2D eigenvalue weighted by molar-refractivity contribution is 5.99. The van der Waals surface area contributed by atoms with Gasteiger partial charge in [0, 0.05) is 30.1 Å². The van der Waals surface area contributed by atoms with Gasteiger partial charge in [0.15, 0.2) is 0 Å². The van der Waals surface area contributed by atoms with E-state index >= 15 is 0 Å². The number of benzene rings is 1. The van der Waals surface area contributed by atoms with Crippen molar-refractivity contribution >= 4 is 11.6 Å². The topological polar surface area (TPSA) is 96.3 Å². The van der Waals surface area contributed by atoms with Crippen LogP contribution in [0.4, 0.5) is 5.69 Å². The van der Waals surface area contributed by atoms with E-state index in [9.17, 15) is 10.1 Å². The quantitative estimate of drug-likeness (QED) is 0.811. The lowest BCUT2D eigenvalue weighted by molar-refractivity contribution is -0.117. The molecule has 7 heteroatoms. The van der Waals surface area contributed by atoms with Crippen LogP contribution in [0.2, 0.25) is 0 Å². The number of hydrogen-bond donors (Lipinski definition) is 2. The molecule has 1 aliphatic heterocycles. The van der Waals surface area contributed by atoms with Gasteiger partial charge in [-0.15, -0.1) is 0 Å². The van der Waals surface area contributed by atoms with Crippen LogP contribution in [0, 0.1) is 18.3 Å². The summed E-state index contributed by atoms with van der Waals surface area (Å²) in [5, 5.41) is 15.4. The third-order valence-corrected chi connectivity index (χ3v) is 4.99. The van der Waals surface area contributed by atoms with Gasteiger partial charge in [-0.25, -0.2) is 4.98 Å². The number of aryl methyl sites for hydroxylation is 1. The molecule has 3 rings (SSSR count). The number of nitrogens with one attached hydrogen (secondary N) is 2. The number of pyridine rings is 1. The minimum Gasteiger partial charge on any atom is -0.496 e. The summed E-state index contributed by atoms with van der Waals surface area (Å²) in [7, 11) is 3.15. The first-order valence-electron chi connectivity index (χ1n) is 9.36. The number of allylic oxidation sites excluding steroid dienone is 1. The number of hydrogen-bond acceptors (Lipinski definition) is 6. The number of anilines is 1. The molecule has 0 saturated heterocycles. The normalized spacial score (nSPS) is 15.1. The Bertz CT molecular complexity index is 1040. The average molecular weight is 392 g/mol. The molecular weight excluding hydrogens is 368 g/mol. The number of aromatic nitrogens is 1. The minimum absolute atomic E-state index is 0.207. The van der Waals surface area contributed by atoms with Crippen molar-refractivity contribution in [1.29, 1.82) is 5.26 Å². The Kier molecular flexibility index (Phi) is 5.74. The molecule has 1 aliphatic rings. The second-order valence-corrected chi connectivity index (χ2v) is 6.71. The largest absolute Gasteiger partial charge is 0.496 e. The molecular formula is C22H24N4O3. The van der Waals surface area contributed by atoms with Crippen molar-refractivity contribution < 1.29 is 14.3 Å². The highest BCUT2D eigenvalue weighted by Crippen LogP contribution is 2.48. The van der Waals surface area contributed by atoms with Gasteiger partial charge >= 0.3 is 0 Å². The number of fused-ring (bicyclic) bond motifs is 1. The number of ether oxygens (including phenoxy) is 2. The van der Waals surface area contributed by atoms with Crippen LogP contribution in [0.5, 0.6) is 11.6 Å². The molecule has 2 aromatic rings. The van der Waals surface area contributed by atoms with Crippen molar-refractivity contribution in [3.63, 3.8) is 0 Å². The van der Waals surface area contributed by atoms with Crippen molar-refractivity contribution in [2.75, 3.05) is 26.1 Å². The first-order valence-corrected chi connectivity index (χ1v) is 9.36. The second kappa shape index (κ2) is 8.23. The van der Waals surface area contributed by atoms with Gasteiger partial charge in [0.2, 0.25) is 11.8 Å². The van der Waals surface area contributed by atoms with Crippen LogP contribution in [0.3, 0.4) is 0 Å². The highest BCUT2D eigenvalue weighted by atomic mass is 16.5. The van der Waals surface area contributed by atoms with E-state index in [2.05, 4.69) is 21.7 Å². The maximum atomic E-state index is 12.9. The maximum absolute atomic E-state index is 12.9. The van der Waals surface area contributed by atoms with Crippen LogP contribution < -0.4 is 20.1 Å². The smallest absolute Gasteiger partial charge is 0.249 e. The first kappa shape index (κ1) is 20.2. The molecule has 0 spiro atoms. The zero-order chi connectivity index (χ0) is 21.1. The standard InChI is InChI=1S/C22H24N4O3/c1-6-29-22-19-18(15-8-7-14(10-23)9-16(15)28-5)17(21(27)24-4)13(3)26-20(19)12(2)11-25-22/h7-9,11,18,26H,6H2,1-5H3,(H,24,27)/t18-/m1/s1. The van der Waals surface area contributed by atoms with Crippen LogP contribution in [0.15, 0.2) is 35.7 Å². The zero-order valence-corrected chi connectivity index (χ0v) is 17.2. The van der Waals surface area contributed by atoms with Crippen LogP contribution in [0.25, 0.3) is 0 Å². The van der Waals surface area contributed by atoms with Crippen LogP contribution >= 0.6 is 0 Å². The molecule has 0 saturated carbocycles. The molecule has 1 amide bonds. The molecule has 1 atom stereocenters. The second-order valence-electron chi connectivity index (χ2n) is 6.71. The molecule has 1 aromatic carbocycles. The lowest BCUT2D eigenvalue weighted by Crippen LogP contribution is -2.30. The molecule has 0 unspecified atom stereocenters. The number of nitrogens with zero attached hydrogens (tertiary/aromatic N) is 2. The van der Waals surface area contributed by atoms with Crippen LogP contribution in [0.1, 0.15) is 42.0 Å². The predicted octanol–water partition coefficient (Wildman–Crippen LogP) is 3.25. The van der Waals surface area contributed by atoms with Crippen molar-refractivity contribution in [2.45, 2.75) is 26.7 Å². The Morgan fingerprint density at radius 1 is 1.38 bits per heavy atom. The SMILES string of the molecule is CCOc1ncc(C)c2c1[C@H](c1ccc(C#N)cc1OC)C(C(=O)NC)=C(C)N2. The average Bonchev–Trinajstić information content (AvgIpc) is 2.74. The van der Waals surface area contributed by atoms with Gasteiger partial charge < -0.3 is 20.1 Å². The molecule has 150 valence electrons. The summed E-state index contributed by atoms with van der Waals surface area (Å²) in [5.74, 6) is 0.315. The van der Waals surface area contributed by atoms with Gasteiger partial charge in [0.05, 0.1) is 42.5 Å². The molecule has 0 radical (unpaired) electrons. The fourth-order valence-electron chi connectivity index (χ4n) is 3.68. The van der Waals surface area contributed by atoms with E-state index in [0.29, 0.717) is 29.4 Å². The van der Waals surface area contributed by atoms with E-state index in [0.717, 1.165) is 28.1 Å². The fourth-order valence-corrected chi connectivity index (χ4v) is 3.68. The summed E-state index contributed by atoms with van der Waals surface area (Å²) in [6.45, 7) is 6.16. The summed E-state index contributed by atoms with van der Waals surface area (Å²) >= 11 is 0. The molecule has 0 fully saturated rings. The van der Waals surface area contributed by atoms with E-state index in [1.165, 1.54) is 0 Å². The third kappa shape index (κ3) is 3.49. The summed E-state index contributed by atoms with van der Waals surface area (Å²) in [6.07, 6.45) is 1.75. The van der Waals surface area contributed by atoms with Gasteiger partial charge in [-0.2, -0.15) is 5.26 Å². The number of rotatable bonds is 5. The van der Waals surface area contributed by atoms with Gasteiger partial charge in [-0.05, 0) is 38.5 Å². The minimum atomic E-state index is -0.470. The summed E-state index contributed by atoms with van der Waals surface area (Å²) in [4.78, 5) is 17.4. The Labute approximate surface area is 170 Å².